The fraction of sp³-hybridized carbons (Fsp3) is 0.389. The molecule has 23 heavy (non-hydrogen) atoms. The van der Waals surface area contributed by atoms with E-state index >= 15 is 0 Å². The first-order valence-corrected chi connectivity index (χ1v) is 8.66. The van der Waals surface area contributed by atoms with E-state index < -0.39 is 0 Å². The maximum absolute atomic E-state index is 11.7. The number of ether oxygens (including phenoxy) is 1. The van der Waals surface area contributed by atoms with Crippen LogP contribution in [0.2, 0.25) is 0 Å². The fourth-order valence-electron chi connectivity index (χ4n) is 3.06. The van der Waals surface area contributed by atoms with E-state index in [0.29, 0.717) is 12.2 Å². The topological polar surface area (TPSA) is 52.1 Å². The van der Waals surface area contributed by atoms with E-state index in [-0.39, 0.29) is 11.4 Å². The van der Waals surface area contributed by atoms with Crippen LogP contribution in [0, 0.1) is 0 Å². The summed E-state index contributed by atoms with van der Waals surface area (Å²) in [4.78, 5) is 20.4. The van der Waals surface area contributed by atoms with Gasteiger partial charge in [-0.05, 0) is 37.5 Å². The number of hydrogen-bond donors (Lipinski definition) is 0. The van der Waals surface area contributed by atoms with Crippen molar-refractivity contribution in [1.82, 2.24) is 9.97 Å². The Morgan fingerprint density at radius 2 is 2.04 bits per heavy atom. The number of benzene rings is 1. The van der Waals surface area contributed by atoms with Crippen molar-refractivity contribution >= 4 is 21.9 Å². The second kappa shape index (κ2) is 6.79. The average Bonchev–Trinajstić information content (AvgIpc) is 2.52. The van der Waals surface area contributed by atoms with Crippen molar-refractivity contribution in [3.63, 3.8) is 0 Å². The number of esters is 1. The van der Waals surface area contributed by atoms with Crippen LogP contribution in [0.15, 0.2) is 41.1 Å². The fourth-order valence-corrected chi connectivity index (χ4v) is 3.46. The predicted molar refractivity (Wildman–Crippen MR) is 91.4 cm³/mol. The molecule has 0 N–H and O–H groups in total. The Hall–Kier alpha value is -1.75. The molecule has 0 spiro atoms. The lowest BCUT2D eigenvalue weighted by molar-refractivity contribution is 0.0525. The molecule has 0 atom stereocenters. The van der Waals surface area contributed by atoms with E-state index in [1.54, 1.807) is 19.3 Å². The maximum atomic E-state index is 11.7. The summed E-state index contributed by atoms with van der Waals surface area (Å²) in [5, 5.41) is 0. The Labute approximate surface area is 144 Å². The molecule has 1 aromatic carbocycles. The average molecular weight is 375 g/mol. The summed E-state index contributed by atoms with van der Waals surface area (Å²) in [5.74, 6) is 0.405. The number of nitrogens with zero attached hydrogens (tertiary/aromatic N) is 2. The van der Waals surface area contributed by atoms with E-state index in [2.05, 4.69) is 44.1 Å². The summed E-state index contributed by atoms with van der Waals surface area (Å²) in [6, 6.07) is 8.48. The molecule has 0 amide bonds. The smallest absolute Gasteiger partial charge is 0.341 e. The third-order valence-corrected chi connectivity index (χ3v) is 4.95. The molecule has 1 saturated carbocycles. The van der Waals surface area contributed by atoms with Gasteiger partial charge in [0.2, 0.25) is 0 Å². The van der Waals surface area contributed by atoms with Crippen molar-refractivity contribution in [3.8, 4) is 0 Å². The molecule has 1 heterocycles. The first-order chi connectivity index (χ1) is 11.1. The van der Waals surface area contributed by atoms with Gasteiger partial charge in [-0.1, -0.05) is 34.5 Å². The highest BCUT2D eigenvalue weighted by molar-refractivity contribution is 9.10. The molecule has 120 valence electrons. The highest BCUT2D eigenvalue weighted by atomic mass is 79.9. The quantitative estimate of drug-likeness (QED) is 0.739. The largest absolute Gasteiger partial charge is 0.462 e. The SMILES string of the molecule is CCOC(=O)c1cnc(CC2(c3cccc(Br)c3)CCC2)nc1. The molecule has 1 aliphatic carbocycles. The minimum absolute atomic E-state index is 0.120. The van der Waals surface area contributed by atoms with Crippen LogP contribution < -0.4 is 0 Å². The molecule has 1 aliphatic rings. The van der Waals surface area contributed by atoms with Crippen LogP contribution in [0.4, 0.5) is 0 Å². The standard InChI is InChI=1S/C18H19BrN2O2/c1-2-23-17(22)13-11-20-16(21-12-13)10-18(7-4-8-18)14-5-3-6-15(19)9-14/h3,5-6,9,11-12H,2,4,7-8,10H2,1H3. The number of carbonyl (C=O) groups is 1. The Bertz CT molecular complexity index is 696. The van der Waals surface area contributed by atoms with E-state index in [9.17, 15) is 4.79 Å². The van der Waals surface area contributed by atoms with E-state index in [4.69, 9.17) is 4.74 Å². The molecule has 0 bridgehead atoms. The zero-order valence-electron chi connectivity index (χ0n) is 13.1. The molecular formula is C18H19BrN2O2. The van der Waals surface area contributed by atoms with E-state index in [1.165, 1.54) is 12.0 Å². The van der Waals surface area contributed by atoms with Gasteiger partial charge >= 0.3 is 5.97 Å². The van der Waals surface area contributed by atoms with Crippen molar-refractivity contribution in [1.29, 1.82) is 0 Å². The van der Waals surface area contributed by atoms with Crippen LogP contribution in [-0.2, 0) is 16.6 Å². The predicted octanol–water partition coefficient (Wildman–Crippen LogP) is 4.08. The van der Waals surface area contributed by atoms with Crippen LogP contribution in [0.25, 0.3) is 0 Å². The molecule has 3 rings (SSSR count). The van der Waals surface area contributed by atoms with Crippen molar-refractivity contribution < 1.29 is 9.53 Å². The van der Waals surface area contributed by atoms with Crippen LogP contribution in [0.5, 0.6) is 0 Å². The van der Waals surface area contributed by atoms with Gasteiger partial charge in [-0.3, -0.25) is 0 Å². The molecule has 0 saturated heterocycles. The van der Waals surface area contributed by atoms with E-state index in [1.807, 2.05) is 6.07 Å². The zero-order chi connectivity index (χ0) is 16.3. The third-order valence-electron chi connectivity index (χ3n) is 4.46. The molecule has 4 nitrogen and oxygen atoms in total. The molecule has 2 aromatic rings. The van der Waals surface area contributed by atoms with Gasteiger partial charge in [0.1, 0.15) is 5.82 Å². The van der Waals surface area contributed by atoms with Crippen molar-refractivity contribution in [2.45, 2.75) is 38.0 Å². The minimum Gasteiger partial charge on any atom is -0.462 e. The molecule has 1 fully saturated rings. The Morgan fingerprint density at radius 1 is 1.30 bits per heavy atom. The molecule has 5 heteroatoms. The summed E-state index contributed by atoms with van der Waals surface area (Å²) in [6.45, 7) is 2.14. The van der Waals surface area contributed by atoms with Gasteiger partial charge in [-0.15, -0.1) is 0 Å². The van der Waals surface area contributed by atoms with Crippen LogP contribution in [0.1, 0.15) is 47.9 Å². The van der Waals surface area contributed by atoms with Gasteiger partial charge in [0, 0.05) is 28.7 Å². The van der Waals surface area contributed by atoms with Gasteiger partial charge < -0.3 is 4.74 Å². The normalized spacial score (nSPS) is 15.7. The lowest BCUT2D eigenvalue weighted by Gasteiger charge is -2.42. The van der Waals surface area contributed by atoms with Gasteiger partial charge in [0.25, 0.3) is 0 Å². The summed E-state index contributed by atoms with van der Waals surface area (Å²) in [7, 11) is 0. The van der Waals surface area contributed by atoms with Crippen LogP contribution >= 0.6 is 15.9 Å². The first-order valence-electron chi connectivity index (χ1n) is 7.87. The lowest BCUT2D eigenvalue weighted by atomic mass is 9.62. The number of rotatable bonds is 5. The third kappa shape index (κ3) is 3.44. The number of hydrogen-bond acceptors (Lipinski definition) is 4. The van der Waals surface area contributed by atoms with Crippen molar-refractivity contribution in [2.75, 3.05) is 6.61 Å². The van der Waals surface area contributed by atoms with Crippen molar-refractivity contribution in [3.05, 3.63) is 58.1 Å². The Balaban J connectivity index is 1.78. The Morgan fingerprint density at radius 3 is 2.61 bits per heavy atom. The number of halogens is 1. The maximum Gasteiger partial charge on any atom is 0.341 e. The highest BCUT2D eigenvalue weighted by Crippen LogP contribution is 2.46. The molecular weight excluding hydrogens is 356 g/mol. The van der Waals surface area contributed by atoms with Gasteiger partial charge in [0.15, 0.2) is 0 Å². The molecule has 0 aliphatic heterocycles. The van der Waals surface area contributed by atoms with Gasteiger partial charge in [-0.25, -0.2) is 14.8 Å². The second-order valence-electron chi connectivity index (χ2n) is 5.93. The minimum atomic E-state index is -0.371. The summed E-state index contributed by atoms with van der Waals surface area (Å²) >= 11 is 3.55. The molecule has 0 unspecified atom stereocenters. The number of carbonyl (C=O) groups excluding carboxylic acids is 1. The first kappa shape index (κ1) is 16.1. The summed E-state index contributed by atoms with van der Waals surface area (Å²) < 4.78 is 6.06. The summed E-state index contributed by atoms with van der Waals surface area (Å²) in [5.41, 5.74) is 1.85. The van der Waals surface area contributed by atoms with E-state index in [0.717, 1.165) is 29.6 Å². The van der Waals surface area contributed by atoms with Crippen LogP contribution in [0.3, 0.4) is 0 Å². The monoisotopic (exact) mass is 374 g/mol. The summed E-state index contributed by atoms with van der Waals surface area (Å²) in [6.07, 6.45) is 7.44. The Kier molecular flexibility index (Phi) is 4.76. The van der Waals surface area contributed by atoms with Gasteiger partial charge in [0.05, 0.1) is 12.2 Å². The lowest BCUT2D eigenvalue weighted by Crippen LogP contribution is -2.37. The van der Waals surface area contributed by atoms with Gasteiger partial charge in [-0.2, -0.15) is 0 Å². The van der Waals surface area contributed by atoms with Crippen LogP contribution in [-0.4, -0.2) is 22.5 Å². The molecule has 1 aromatic heterocycles. The second-order valence-corrected chi connectivity index (χ2v) is 6.85. The zero-order valence-corrected chi connectivity index (χ0v) is 14.7. The number of aromatic nitrogens is 2. The molecule has 0 radical (unpaired) electrons. The van der Waals surface area contributed by atoms with Crippen molar-refractivity contribution in [2.24, 2.45) is 0 Å². The highest BCUT2D eigenvalue weighted by Gasteiger charge is 2.39.